The minimum atomic E-state index is -2.47. The first-order valence-corrected chi connectivity index (χ1v) is 4.11. The number of aromatic amines is 1. The van der Waals surface area contributed by atoms with Crippen LogP contribution in [0.1, 0.15) is 12.1 Å². The van der Waals surface area contributed by atoms with Gasteiger partial charge in [0.05, 0.1) is 5.69 Å². The summed E-state index contributed by atoms with van der Waals surface area (Å²) in [5, 5.41) is 1.29. The van der Waals surface area contributed by atoms with Crippen LogP contribution in [-0.2, 0) is 0 Å². The Morgan fingerprint density at radius 2 is 2.00 bits per heavy atom. The van der Waals surface area contributed by atoms with Crippen LogP contribution in [0.4, 0.5) is 8.78 Å². The zero-order valence-electron chi connectivity index (χ0n) is 6.52. The van der Waals surface area contributed by atoms with E-state index in [9.17, 15) is 8.78 Å². The van der Waals surface area contributed by atoms with Gasteiger partial charge in [-0.2, -0.15) is 0 Å². The molecule has 0 spiro atoms. The van der Waals surface area contributed by atoms with Crippen molar-refractivity contribution in [2.45, 2.75) is 6.43 Å². The number of nitrogens with one attached hydrogen (secondary N) is 1. The summed E-state index contributed by atoms with van der Waals surface area (Å²) in [6.45, 7) is 0. The van der Waals surface area contributed by atoms with E-state index in [1.165, 1.54) is 6.07 Å². The molecule has 4 heteroatoms. The van der Waals surface area contributed by atoms with Gasteiger partial charge < -0.3 is 4.98 Å². The van der Waals surface area contributed by atoms with E-state index in [1.54, 1.807) is 18.2 Å². The van der Waals surface area contributed by atoms with Gasteiger partial charge in [0.15, 0.2) is 0 Å². The van der Waals surface area contributed by atoms with Crippen LogP contribution in [-0.4, -0.2) is 4.98 Å². The van der Waals surface area contributed by atoms with Crippen molar-refractivity contribution in [1.82, 2.24) is 4.98 Å². The monoisotopic (exact) mass is 201 g/mol. The fourth-order valence-corrected chi connectivity index (χ4v) is 1.41. The van der Waals surface area contributed by atoms with E-state index in [2.05, 4.69) is 4.98 Å². The van der Waals surface area contributed by atoms with Crippen LogP contribution in [0.3, 0.4) is 0 Å². The van der Waals surface area contributed by atoms with Crippen LogP contribution in [0.2, 0.25) is 5.02 Å². The smallest absolute Gasteiger partial charge is 0.278 e. The average Bonchev–Trinajstić information content (AvgIpc) is 2.46. The number of H-pyrrole nitrogens is 1. The average molecular weight is 202 g/mol. The molecule has 0 atom stereocenters. The van der Waals surface area contributed by atoms with Gasteiger partial charge in [0.2, 0.25) is 0 Å². The molecule has 0 saturated heterocycles. The number of alkyl halides is 2. The van der Waals surface area contributed by atoms with Gasteiger partial charge in [0.25, 0.3) is 6.43 Å². The Hall–Kier alpha value is -1.09. The number of hydrogen-bond acceptors (Lipinski definition) is 0. The molecular formula is C9H6ClF2N. The lowest BCUT2D eigenvalue weighted by molar-refractivity contribution is 0.147. The largest absolute Gasteiger partial charge is 0.354 e. The Bertz CT molecular complexity index is 436. The van der Waals surface area contributed by atoms with E-state index >= 15 is 0 Å². The van der Waals surface area contributed by atoms with Gasteiger partial charge in [0, 0.05) is 10.5 Å². The molecule has 68 valence electrons. The number of aromatic nitrogens is 1. The predicted octanol–water partition coefficient (Wildman–Crippen LogP) is 3.76. The van der Waals surface area contributed by atoms with Crippen LogP contribution >= 0.6 is 11.6 Å². The molecule has 0 unspecified atom stereocenters. The van der Waals surface area contributed by atoms with E-state index in [0.717, 1.165) is 5.39 Å². The Kier molecular flexibility index (Phi) is 1.96. The molecule has 0 saturated carbocycles. The minimum absolute atomic E-state index is 0.0720. The molecule has 0 radical (unpaired) electrons. The van der Waals surface area contributed by atoms with E-state index < -0.39 is 6.43 Å². The van der Waals surface area contributed by atoms with Crippen LogP contribution in [0.15, 0.2) is 24.3 Å². The van der Waals surface area contributed by atoms with Crippen LogP contribution in [0.5, 0.6) is 0 Å². The van der Waals surface area contributed by atoms with E-state index in [-0.39, 0.29) is 5.69 Å². The fraction of sp³-hybridized carbons (Fsp3) is 0.111. The molecule has 0 amide bonds. The topological polar surface area (TPSA) is 15.8 Å². The summed E-state index contributed by atoms with van der Waals surface area (Å²) >= 11 is 5.70. The van der Waals surface area contributed by atoms with Crippen molar-refractivity contribution in [3.8, 4) is 0 Å². The molecule has 1 N–H and O–H groups in total. The summed E-state index contributed by atoms with van der Waals surface area (Å²) in [6, 6.07) is 6.44. The minimum Gasteiger partial charge on any atom is -0.354 e. The predicted molar refractivity (Wildman–Crippen MR) is 48.3 cm³/mol. The Balaban J connectivity index is 2.62. The van der Waals surface area contributed by atoms with Gasteiger partial charge >= 0.3 is 0 Å². The third-order valence-corrected chi connectivity index (χ3v) is 2.08. The molecular weight excluding hydrogens is 196 g/mol. The van der Waals surface area contributed by atoms with Crippen molar-refractivity contribution in [2.24, 2.45) is 0 Å². The number of fused-ring (bicyclic) bond motifs is 1. The summed E-state index contributed by atoms with van der Waals surface area (Å²) in [5.41, 5.74) is 0.570. The van der Waals surface area contributed by atoms with E-state index in [0.29, 0.717) is 10.5 Å². The molecule has 1 aromatic heterocycles. The number of halogens is 3. The molecule has 1 nitrogen and oxygen atoms in total. The van der Waals surface area contributed by atoms with Gasteiger partial charge in [-0.3, -0.25) is 0 Å². The maximum atomic E-state index is 12.2. The van der Waals surface area contributed by atoms with Gasteiger partial charge in [0.1, 0.15) is 0 Å². The third-order valence-electron chi connectivity index (χ3n) is 1.84. The lowest BCUT2D eigenvalue weighted by Crippen LogP contribution is -1.80. The Morgan fingerprint density at radius 3 is 2.69 bits per heavy atom. The molecule has 2 rings (SSSR count). The molecule has 1 heterocycles. The SMILES string of the molecule is FC(F)c1cc2ccc(Cl)cc2[nH]1. The first kappa shape index (κ1) is 8.51. The third kappa shape index (κ3) is 1.52. The van der Waals surface area contributed by atoms with E-state index in [4.69, 9.17) is 11.6 Å². The molecule has 0 aliphatic heterocycles. The normalized spacial score (nSPS) is 11.4. The van der Waals surface area contributed by atoms with Gasteiger partial charge in [-0.15, -0.1) is 0 Å². The van der Waals surface area contributed by atoms with Gasteiger partial charge in [-0.05, 0) is 23.6 Å². The van der Waals surface area contributed by atoms with Gasteiger partial charge in [-0.1, -0.05) is 17.7 Å². The van der Waals surface area contributed by atoms with Crippen molar-refractivity contribution >= 4 is 22.5 Å². The van der Waals surface area contributed by atoms with Crippen molar-refractivity contribution in [1.29, 1.82) is 0 Å². The lowest BCUT2D eigenvalue weighted by atomic mass is 10.2. The molecule has 0 bridgehead atoms. The van der Waals surface area contributed by atoms with Crippen molar-refractivity contribution in [2.75, 3.05) is 0 Å². The first-order chi connectivity index (χ1) is 6.16. The number of hydrogen-bond donors (Lipinski definition) is 1. The number of rotatable bonds is 1. The first-order valence-electron chi connectivity index (χ1n) is 3.73. The summed E-state index contributed by atoms with van der Waals surface area (Å²) in [7, 11) is 0. The molecule has 0 aliphatic carbocycles. The van der Waals surface area contributed by atoms with Crippen LogP contribution in [0.25, 0.3) is 10.9 Å². The van der Waals surface area contributed by atoms with Crippen LogP contribution < -0.4 is 0 Å². The summed E-state index contributed by atoms with van der Waals surface area (Å²) in [5.74, 6) is 0. The molecule has 2 aromatic rings. The zero-order valence-corrected chi connectivity index (χ0v) is 7.28. The van der Waals surface area contributed by atoms with Crippen molar-refractivity contribution in [3.63, 3.8) is 0 Å². The Morgan fingerprint density at radius 1 is 1.23 bits per heavy atom. The van der Waals surface area contributed by atoms with Gasteiger partial charge in [-0.25, -0.2) is 8.78 Å². The highest BCUT2D eigenvalue weighted by atomic mass is 35.5. The second-order valence-electron chi connectivity index (χ2n) is 2.76. The summed E-state index contributed by atoms with van der Waals surface area (Å²) < 4.78 is 24.5. The highest BCUT2D eigenvalue weighted by Crippen LogP contribution is 2.25. The van der Waals surface area contributed by atoms with Crippen LogP contribution in [0, 0.1) is 0 Å². The number of benzene rings is 1. The van der Waals surface area contributed by atoms with E-state index in [1.807, 2.05) is 0 Å². The maximum Gasteiger partial charge on any atom is 0.278 e. The molecule has 0 fully saturated rings. The van der Waals surface area contributed by atoms with Crippen molar-refractivity contribution in [3.05, 3.63) is 35.0 Å². The standard InChI is InChI=1S/C9H6ClF2N/c10-6-2-1-5-3-8(9(11)12)13-7(5)4-6/h1-4,9,13H. The fourth-order valence-electron chi connectivity index (χ4n) is 1.24. The highest BCUT2D eigenvalue weighted by Gasteiger charge is 2.09. The second kappa shape index (κ2) is 3.00. The molecule has 0 aliphatic rings. The lowest BCUT2D eigenvalue weighted by Gasteiger charge is -1.91. The quantitative estimate of drug-likeness (QED) is 0.723. The summed E-state index contributed by atoms with van der Waals surface area (Å²) in [4.78, 5) is 2.60. The molecule has 13 heavy (non-hydrogen) atoms. The highest BCUT2D eigenvalue weighted by molar-refractivity contribution is 6.31. The van der Waals surface area contributed by atoms with Crippen molar-refractivity contribution < 1.29 is 8.78 Å². The second-order valence-corrected chi connectivity index (χ2v) is 3.19. The molecule has 1 aromatic carbocycles. The maximum absolute atomic E-state index is 12.2. The Labute approximate surface area is 78.3 Å². The summed E-state index contributed by atoms with van der Waals surface area (Å²) in [6.07, 6.45) is -2.47. The zero-order chi connectivity index (χ0) is 9.42.